The van der Waals surface area contributed by atoms with E-state index in [0.29, 0.717) is 28.5 Å². The van der Waals surface area contributed by atoms with E-state index < -0.39 is 0 Å². The maximum absolute atomic E-state index is 13.8. The lowest BCUT2D eigenvalue weighted by Gasteiger charge is -2.15. The molecule has 0 aliphatic carbocycles. The standard InChI is InChI=1S/C20H19ClFNO2S/c1-24-20-10-15(25-11-16-17(21)3-2-4-18(16)22)6-5-13(20)9-19(23)14-7-8-26-12-14/h2-8,10,12,19H,9,11,23H2,1H3/t19-/m0/s1. The summed E-state index contributed by atoms with van der Waals surface area (Å²) < 4.78 is 25.0. The van der Waals surface area contributed by atoms with E-state index in [0.717, 1.165) is 11.1 Å². The Balaban J connectivity index is 1.72. The Labute approximate surface area is 161 Å². The molecule has 0 saturated carbocycles. The van der Waals surface area contributed by atoms with Crippen molar-refractivity contribution in [1.29, 1.82) is 0 Å². The van der Waals surface area contributed by atoms with Gasteiger partial charge in [-0.15, -0.1) is 0 Å². The van der Waals surface area contributed by atoms with Crippen molar-refractivity contribution in [2.24, 2.45) is 5.73 Å². The largest absolute Gasteiger partial charge is 0.496 e. The number of hydrogen-bond acceptors (Lipinski definition) is 4. The van der Waals surface area contributed by atoms with Crippen molar-refractivity contribution in [3.05, 3.63) is 80.8 Å². The quantitative estimate of drug-likeness (QED) is 0.588. The highest BCUT2D eigenvalue weighted by atomic mass is 35.5. The molecule has 0 fully saturated rings. The second-order valence-electron chi connectivity index (χ2n) is 5.83. The van der Waals surface area contributed by atoms with E-state index in [2.05, 4.69) is 0 Å². The van der Waals surface area contributed by atoms with Gasteiger partial charge in [-0.3, -0.25) is 0 Å². The number of hydrogen-bond donors (Lipinski definition) is 1. The van der Waals surface area contributed by atoms with Crippen LogP contribution in [0.15, 0.2) is 53.2 Å². The Morgan fingerprint density at radius 2 is 2.08 bits per heavy atom. The second kappa shape index (κ2) is 8.54. The summed E-state index contributed by atoms with van der Waals surface area (Å²) in [6.45, 7) is 0.0441. The molecule has 3 rings (SSSR count). The molecular weight excluding hydrogens is 373 g/mol. The normalized spacial score (nSPS) is 12.0. The summed E-state index contributed by atoms with van der Waals surface area (Å²) >= 11 is 7.65. The average molecular weight is 392 g/mol. The van der Waals surface area contributed by atoms with Crippen molar-refractivity contribution < 1.29 is 13.9 Å². The fourth-order valence-electron chi connectivity index (χ4n) is 2.65. The molecule has 0 unspecified atom stereocenters. The van der Waals surface area contributed by atoms with Crippen LogP contribution < -0.4 is 15.2 Å². The zero-order valence-electron chi connectivity index (χ0n) is 14.2. The highest BCUT2D eigenvalue weighted by molar-refractivity contribution is 7.07. The van der Waals surface area contributed by atoms with Gasteiger partial charge in [-0.25, -0.2) is 4.39 Å². The maximum atomic E-state index is 13.8. The lowest BCUT2D eigenvalue weighted by Crippen LogP contribution is -2.13. The first-order valence-electron chi connectivity index (χ1n) is 8.08. The predicted octanol–water partition coefficient (Wildman–Crippen LogP) is 5.37. The van der Waals surface area contributed by atoms with E-state index in [9.17, 15) is 4.39 Å². The van der Waals surface area contributed by atoms with E-state index >= 15 is 0 Å². The Morgan fingerprint density at radius 1 is 1.23 bits per heavy atom. The molecule has 26 heavy (non-hydrogen) atoms. The van der Waals surface area contributed by atoms with Crippen LogP contribution >= 0.6 is 22.9 Å². The van der Waals surface area contributed by atoms with E-state index in [1.54, 1.807) is 36.6 Å². The Kier molecular flexibility index (Phi) is 6.14. The van der Waals surface area contributed by atoms with Gasteiger partial charge >= 0.3 is 0 Å². The van der Waals surface area contributed by atoms with Gasteiger partial charge in [-0.1, -0.05) is 23.7 Å². The number of ether oxygens (including phenoxy) is 2. The lowest BCUT2D eigenvalue weighted by molar-refractivity contribution is 0.297. The first-order valence-corrected chi connectivity index (χ1v) is 9.41. The van der Waals surface area contributed by atoms with Crippen LogP contribution in [0.4, 0.5) is 4.39 Å². The third-order valence-corrected chi connectivity index (χ3v) is 5.17. The maximum Gasteiger partial charge on any atom is 0.131 e. The number of thiophene rings is 1. The molecule has 136 valence electrons. The molecule has 0 aliphatic heterocycles. The third-order valence-electron chi connectivity index (χ3n) is 4.11. The molecule has 0 bridgehead atoms. The molecule has 0 spiro atoms. The summed E-state index contributed by atoms with van der Waals surface area (Å²) in [6.07, 6.45) is 0.652. The van der Waals surface area contributed by atoms with Gasteiger partial charge in [0.25, 0.3) is 0 Å². The molecule has 1 aromatic heterocycles. The van der Waals surface area contributed by atoms with Gasteiger partial charge in [0.1, 0.15) is 23.9 Å². The zero-order valence-corrected chi connectivity index (χ0v) is 15.8. The van der Waals surface area contributed by atoms with Gasteiger partial charge in [0.2, 0.25) is 0 Å². The molecule has 1 atom stereocenters. The number of halogens is 2. The van der Waals surface area contributed by atoms with Gasteiger partial charge in [0, 0.05) is 17.7 Å². The molecule has 6 heteroatoms. The Morgan fingerprint density at radius 3 is 2.77 bits per heavy atom. The first kappa shape index (κ1) is 18.7. The molecule has 1 heterocycles. The first-order chi connectivity index (χ1) is 12.6. The average Bonchev–Trinajstić information content (AvgIpc) is 3.17. The predicted molar refractivity (Wildman–Crippen MR) is 104 cm³/mol. The van der Waals surface area contributed by atoms with Crippen LogP contribution in [-0.4, -0.2) is 7.11 Å². The Bertz CT molecular complexity index is 850. The van der Waals surface area contributed by atoms with E-state index in [1.807, 2.05) is 29.0 Å². The molecular formula is C20H19ClFNO2S. The molecule has 2 aromatic carbocycles. The molecule has 2 N–H and O–H groups in total. The third kappa shape index (κ3) is 4.36. The minimum absolute atomic E-state index is 0.0441. The summed E-state index contributed by atoms with van der Waals surface area (Å²) in [6, 6.07) is 12.0. The lowest BCUT2D eigenvalue weighted by atomic mass is 10.0. The van der Waals surface area contributed by atoms with Gasteiger partial charge in [0.15, 0.2) is 0 Å². The highest BCUT2D eigenvalue weighted by Gasteiger charge is 2.13. The molecule has 0 amide bonds. The number of methoxy groups -OCH3 is 1. The fourth-order valence-corrected chi connectivity index (χ4v) is 3.59. The minimum Gasteiger partial charge on any atom is -0.496 e. The molecule has 3 aromatic rings. The van der Waals surface area contributed by atoms with E-state index in [4.69, 9.17) is 26.8 Å². The van der Waals surface area contributed by atoms with Crippen molar-refractivity contribution in [2.75, 3.05) is 7.11 Å². The number of benzene rings is 2. The van der Waals surface area contributed by atoms with E-state index in [1.165, 1.54) is 6.07 Å². The van der Waals surface area contributed by atoms with Gasteiger partial charge in [-0.05, 0) is 52.6 Å². The molecule has 0 radical (unpaired) electrons. The summed E-state index contributed by atoms with van der Waals surface area (Å²) in [7, 11) is 1.60. The van der Waals surface area contributed by atoms with Crippen LogP contribution in [0.1, 0.15) is 22.7 Å². The Hall–Kier alpha value is -2.08. The van der Waals surface area contributed by atoms with Crippen LogP contribution in [0.2, 0.25) is 5.02 Å². The summed E-state index contributed by atoms with van der Waals surface area (Å²) in [5.74, 6) is 0.879. The van der Waals surface area contributed by atoms with Crippen molar-refractivity contribution in [3.8, 4) is 11.5 Å². The molecule has 0 aliphatic rings. The van der Waals surface area contributed by atoms with Crippen molar-refractivity contribution >= 4 is 22.9 Å². The van der Waals surface area contributed by atoms with Crippen molar-refractivity contribution in [2.45, 2.75) is 19.1 Å². The molecule has 3 nitrogen and oxygen atoms in total. The smallest absolute Gasteiger partial charge is 0.131 e. The van der Waals surface area contributed by atoms with Gasteiger partial charge < -0.3 is 15.2 Å². The van der Waals surface area contributed by atoms with Crippen LogP contribution in [0.3, 0.4) is 0 Å². The SMILES string of the molecule is COc1cc(OCc2c(F)cccc2Cl)ccc1C[C@H](N)c1ccsc1. The van der Waals surface area contributed by atoms with Crippen molar-refractivity contribution in [1.82, 2.24) is 0 Å². The van der Waals surface area contributed by atoms with Gasteiger partial charge in [0.05, 0.1) is 12.1 Å². The van der Waals surface area contributed by atoms with Crippen LogP contribution in [0.5, 0.6) is 11.5 Å². The minimum atomic E-state index is -0.386. The monoisotopic (exact) mass is 391 g/mol. The highest BCUT2D eigenvalue weighted by Crippen LogP contribution is 2.30. The topological polar surface area (TPSA) is 44.5 Å². The van der Waals surface area contributed by atoms with Crippen LogP contribution in [-0.2, 0) is 13.0 Å². The van der Waals surface area contributed by atoms with Crippen LogP contribution in [0, 0.1) is 5.82 Å². The fraction of sp³-hybridized carbons (Fsp3) is 0.200. The van der Waals surface area contributed by atoms with E-state index in [-0.39, 0.29) is 18.5 Å². The number of nitrogens with two attached hydrogens (primary N) is 1. The van der Waals surface area contributed by atoms with Crippen molar-refractivity contribution in [3.63, 3.8) is 0 Å². The summed E-state index contributed by atoms with van der Waals surface area (Å²) in [5.41, 5.74) is 8.69. The van der Waals surface area contributed by atoms with Crippen LogP contribution in [0.25, 0.3) is 0 Å². The second-order valence-corrected chi connectivity index (χ2v) is 7.02. The zero-order chi connectivity index (χ0) is 18.5. The van der Waals surface area contributed by atoms with Gasteiger partial charge in [-0.2, -0.15) is 11.3 Å². The number of rotatable bonds is 7. The summed E-state index contributed by atoms with van der Waals surface area (Å²) in [5, 5.41) is 4.40. The molecule has 0 saturated heterocycles. The summed E-state index contributed by atoms with van der Waals surface area (Å²) in [4.78, 5) is 0.